The van der Waals surface area contributed by atoms with E-state index in [4.69, 9.17) is 26.0 Å². The van der Waals surface area contributed by atoms with E-state index in [1.807, 2.05) is 26.3 Å². The maximum absolute atomic E-state index is 12.0. The molecule has 2 unspecified atom stereocenters. The number of alkyl halides is 1. The van der Waals surface area contributed by atoms with Gasteiger partial charge in [0, 0.05) is 17.3 Å². The van der Waals surface area contributed by atoms with Crippen LogP contribution in [0.4, 0.5) is 0 Å². The summed E-state index contributed by atoms with van der Waals surface area (Å²) in [5.74, 6) is 1.93. The molecule has 6 heteroatoms. The Bertz CT molecular complexity index is 890. The van der Waals surface area contributed by atoms with Crippen LogP contribution in [-0.2, 0) is 9.16 Å². The fourth-order valence-corrected chi connectivity index (χ4v) is 9.58. The lowest BCUT2D eigenvalue weighted by Gasteiger charge is -2.55. The van der Waals surface area contributed by atoms with Crippen molar-refractivity contribution < 1.29 is 14.3 Å². The van der Waals surface area contributed by atoms with Gasteiger partial charge in [0.15, 0.2) is 0 Å². The molecule has 0 heterocycles. The van der Waals surface area contributed by atoms with Gasteiger partial charge in [0.05, 0.1) is 23.0 Å². The molecule has 6 atom stereocenters. The van der Waals surface area contributed by atoms with Crippen LogP contribution in [0.25, 0.3) is 0 Å². The van der Waals surface area contributed by atoms with Crippen LogP contribution >= 0.6 is 11.6 Å². The van der Waals surface area contributed by atoms with E-state index >= 15 is 0 Å². The van der Waals surface area contributed by atoms with Crippen LogP contribution in [-0.4, -0.2) is 30.6 Å². The number of halogens is 1. The molecule has 0 aromatic rings. The number of nitrogens with zero attached hydrogens (tertiary/aromatic N) is 1. The molecule has 1 saturated carbocycles. The molecule has 0 spiro atoms. The lowest BCUT2D eigenvalue weighted by atomic mass is 9.52. The molecule has 0 aliphatic heterocycles. The van der Waals surface area contributed by atoms with E-state index in [-0.39, 0.29) is 10.8 Å². The van der Waals surface area contributed by atoms with Crippen LogP contribution in [0.3, 0.4) is 0 Å². The highest BCUT2D eigenvalue weighted by Crippen LogP contribution is 2.66. The summed E-state index contributed by atoms with van der Waals surface area (Å²) in [5, 5.41) is 20.6. The van der Waals surface area contributed by atoms with Crippen LogP contribution < -0.4 is 0 Å². The average molecular weight is 462 g/mol. The fraction of sp³-hybridized carbons (Fsp3) is 0.720. The van der Waals surface area contributed by atoms with Gasteiger partial charge in [-0.05, 0) is 75.6 Å². The first kappa shape index (κ1) is 23.0. The van der Waals surface area contributed by atoms with Crippen molar-refractivity contribution >= 4 is 19.9 Å². The topological polar surface area (TPSA) is 62.5 Å². The predicted molar refractivity (Wildman–Crippen MR) is 126 cm³/mol. The Morgan fingerprint density at radius 3 is 2.74 bits per heavy atom. The first-order valence-corrected chi connectivity index (χ1v) is 15.1. The average Bonchev–Trinajstić information content (AvgIpc) is 3.00. The second-order valence-corrected chi connectivity index (χ2v) is 15.7. The number of rotatable bonds is 5. The maximum atomic E-state index is 12.0. The highest BCUT2D eigenvalue weighted by Gasteiger charge is 2.66. The molecule has 4 nitrogen and oxygen atoms in total. The third-order valence-electron chi connectivity index (χ3n) is 9.00. The number of hydrogen-bond donors (Lipinski definition) is 1. The zero-order valence-corrected chi connectivity index (χ0v) is 21.3. The van der Waals surface area contributed by atoms with Crippen molar-refractivity contribution in [3.63, 3.8) is 0 Å². The maximum Gasteiger partial charge on any atom is 0.282 e. The first-order chi connectivity index (χ1) is 14.5. The molecule has 0 aromatic carbocycles. The Morgan fingerprint density at radius 2 is 2.06 bits per heavy atom. The van der Waals surface area contributed by atoms with E-state index < -0.39 is 18.9 Å². The lowest BCUT2D eigenvalue weighted by molar-refractivity contribution is -0.0729. The normalized spacial score (nSPS) is 40.3. The molecule has 170 valence electrons. The molecule has 4 aliphatic carbocycles. The Morgan fingerprint density at radius 1 is 1.32 bits per heavy atom. The molecule has 0 bridgehead atoms. The summed E-state index contributed by atoms with van der Waals surface area (Å²) < 4.78 is 11.3. The van der Waals surface area contributed by atoms with E-state index in [9.17, 15) is 5.11 Å². The Hall–Kier alpha value is -1.22. The third kappa shape index (κ3) is 3.24. The highest BCUT2D eigenvalue weighted by molar-refractivity contribution is 6.80. The van der Waals surface area contributed by atoms with E-state index in [0.717, 1.165) is 44.5 Å². The van der Waals surface area contributed by atoms with Gasteiger partial charge in [0.25, 0.3) is 14.6 Å². The van der Waals surface area contributed by atoms with E-state index in [1.165, 1.54) is 5.57 Å². The van der Waals surface area contributed by atoms with Gasteiger partial charge in [-0.2, -0.15) is 5.26 Å². The van der Waals surface area contributed by atoms with Gasteiger partial charge in [0.2, 0.25) is 0 Å². The van der Waals surface area contributed by atoms with Gasteiger partial charge in [0.1, 0.15) is 0 Å². The van der Waals surface area contributed by atoms with Gasteiger partial charge >= 0.3 is 0 Å². The Kier molecular flexibility index (Phi) is 5.68. The highest BCUT2D eigenvalue weighted by atomic mass is 35.5. The number of hydrogen-bond acceptors (Lipinski definition) is 4. The van der Waals surface area contributed by atoms with E-state index in [2.05, 4.69) is 32.1 Å². The third-order valence-corrected chi connectivity index (χ3v) is 13.3. The Balaban J connectivity index is 1.68. The summed E-state index contributed by atoms with van der Waals surface area (Å²) in [6.07, 6.45) is 14.5. The minimum absolute atomic E-state index is 0.0594. The summed E-state index contributed by atoms with van der Waals surface area (Å²) in [7, 11) is -2.57. The quantitative estimate of drug-likeness (QED) is 0.237. The van der Waals surface area contributed by atoms with Crippen LogP contribution in [0.2, 0.25) is 13.1 Å². The zero-order valence-electron chi connectivity index (χ0n) is 19.5. The van der Waals surface area contributed by atoms with Gasteiger partial charge in [-0.1, -0.05) is 31.6 Å². The number of nitriles is 1. The molecule has 31 heavy (non-hydrogen) atoms. The van der Waals surface area contributed by atoms with E-state index in [1.54, 1.807) is 5.57 Å². The van der Waals surface area contributed by atoms with Crippen molar-refractivity contribution in [1.82, 2.24) is 0 Å². The van der Waals surface area contributed by atoms with Crippen molar-refractivity contribution in [1.29, 1.82) is 5.26 Å². The van der Waals surface area contributed by atoms with Gasteiger partial charge < -0.3 is 14.3 Å². The molecule has 0 amide bonds. The minimum Gasteiger partial charge on any atom is -0.498 e. The standard InChI is InChI=1S/C25H36ClNO3Si/c1-6-29-18-9-12-23(2)17(15-18)7-8-19-20(23)10-13-24(3)21(19)11-14-25(24,28)22(26)31(4,5)30-16-27/h7,10,15,19,21-22,28H,6,8-9,11-14H2,1-5H3/t19?,21?,22-,23+,24+,25+/m1/s1. The predicted octanol–water partition coefficient (Wildman–Crippen LogP) is 5.98. The molecular formula is C25H36ClNO3Si. The van der Waals surface area contributed by atoms with Crippen LogP contribution in [0.1, 0.15) is 59.3 Å². The summed E-state index contributed by atoms with van der Waals surface area (Å²) in [5.41, 5.74) is 1.68. The van der Waals surface area contributed by atoms with Crippen molar-refractivity contribution in [3.8, 4) is 6.26 Å². The molecule has 4 rings (SSSR count). The molecule has 0 radical (unpaired) electrons. The van der Waals surface area contributed by atoms with Gasteiger partial charge in [-0.3, -0.25) is 0 Å². The van der Waals surface area contributed by atoms with Crippen LogP contribution in [0, 0.1) is 34.2 Å². The zero-order chi connectivity index (χ0) is 22.7. The summed E-state index contributed by atoms with van der Waals surface area (Å²) in [6.45, 7) is 11.2. The van der Waals surface area contributed by atoms with Crippen LogP contribution in [0.5, 0.6) is 0 Å². The number of allylic oxidation sites excluding steroid dienone is 6. The Labute approximate surface area is 193 Å². The molecule has 1 fully saturated rings. The van der Waals surface area contributed by atoms with Crippen LogP contribution in [0.15, 0.2) is 35.1 Å². The van der Waals surface area contributed by atoms with Crippen molar-refractivity contribution in [2.45, 2.75) is 83.0 Å². The van der Waals surface area contributed by atoms with Gasteiger partial charge in [-0.25, -0.2) is 0 Å². The lowest BCUT2D eigenvalue weighted by Crippen LogP contribution is -2.62. The monoisotopic (exact) mass is 461 g/mol. The number of fused-ring (bicyclic) bond motifs is 5. The molecule has 4 aliphatic rings. The first-order valence-electron chi connectivity index (χ1n) is 11.7. The molecular weight excluding hydrogens is 426 g/mol. The summed E-state index contributed by atoms with van der Waals surface area (Å²) >= 11 is 6.95. The second kappa shape index (κ2) is 7.68. The van der Waals surface area contributed by atoms with E-state index in [0.29, 0.717) is 18.3 Å². The molecule has 1 N–H and O–H groups in total. The molecule has 0 aromatic heterocycles. The van der Waals surface area contributed by atoms with Crippen molar-refractivity contribution in [3.05, 3.63) is 35.1 Å². The minimum atomic E-state index is -2.57. The smallest absolute Gasteiger partial charge is 0.282 e. The number of aliphatic hydroxyl groups is 1. The molecule has 0 saturated heterocycles. The SMILES string of the molecule is CCOC1=CC2=CCC3C(=CC[C@@]4(C)C3CC[C@]4(O)[C@H](Cl)[Si](C)(C)OC#N)[C@@]2(C)CC1. The second-order valence-electron chi connectivity index (χ2n) is 10.9. The largest absolute Gasteiger partial charge is 0.498 e. The van der Waals surface area contributed by atoms with Crippen molar-refractivity contribution in [2.24, 2.45) is 22.7 Å². The fourth-order valence-electron chi connectivity index (χ4n) is 7.12. The summed E-state index contributed by atoms with van der Waals surface area (Å²) in [6, 6.07) is 0. The van der Waals surface area contributed by atoms with Gasteiger partial charge in [-0.15, -0.1) is 11.6 Å². The number of ether oxygens (including phenoxy) is 1. The summed E-state index contributed by atoms with van der Waals surface area (Å²) in [4.78, 5) is 0. The van der Waals surface area contributed by atoms with Crippen molar-refractivity contribution in [2.75, 3.05) is 6.61 Å².